The second-order valence-corrected chi connectivity index (χ2v) is 7.95. The van der Waals surface area contributed by atoms with Crippen molar-refractivity contribution in [2.45, 2.75) is 45.6 Å². The van der Waals surface area contributed by atoms with Crippen LogP contribution in [0.2, 0.25) is 0 Å². The van der Waals surface area contributed by atoms with Gasteiger partial charge in [-0.05, 0) is 27.2 Å². The molecular formula is C17H28ClN3O3. The van der Waals surface area contributed by atoms with E-state index in [0.29, 0.717) is 57.9 Å². The van der Waals surface area contributed by atoms with E-state index in [9.17, 15) is 14.4 Å². The second-order valence-electron chi connectivity index (χ2n) is 7.57. The summed E-state index contributed by atoms with van der Waals surface area (Å²) in [5, 5.41) is 0. The fourth-order valence-electron chi connectivity index (χ4n) is 3.33. The highest BCUT2D eigenvalue weighted by Crippen LogP contribution is 2.27. The third kappa shape index (κ3) is 4.41. The van der Waals surface area contributed by atoms with Crippen molar-refractivity contribution in [3.05, 3.63) is 0 Å². The van der Waals surface area contributed by atoms with Gasteiger partial charge in [-0.3, -0.25) is 14.4 Å². The Kier molecular flexibility index (Phi) is 6.12. The molecule has 2 heterocycles. The van der Waals surface area contributed by atoms with Crippen LogP contribution in [-0.2, 0) is 14.4 Å². The molecule has 0 saturated carbocycles. The molecule has 0 bridgehead atoms. The zero-order chi connectivity index (χ0) is 17.9. The molecule has 0 N–H and O–H groups in total. The van der Waals surface area contributed by atoms with Crippen LogP contribution in [0.3, 0.4) is 0 Å². The molecular weight excluding hydrogens is 330 g/mol. The molecule has 24 heavy (non-hydrogen) atoms. The molecule has 136 valence electrons. The Bertz CT molecular complexity index is 496. The van der Waals surface area contributed by atoms with Gasteiger partial charge in [-0.15, -0.1) is 11.6 Å². The standard InChI is InChI=1S/C17H28ClN3O3/c1-17(2,3)21-12-13(11-15(21)23)16(24)20-9-7-19(8-10-20)14(22)5-4-6-18/h13H,4-12H2,1-3H3. The highest BCUT2D eigenvalue weighted by Gasteiger charge is 2.41. The normalized spacial score (nSPS) is 22.2. The molecule has 0 spiro atoms. The first-order valence-electron chi connectivity index (χ1n) is 8.67. The predicted octanol–water partition coefficient (Wildman–Crippen LogP) is 1.32. The maximum atomic E-state index is 12.7. The Morgan fingerprint density at radius 3 is 2.21 bits per heavy atom. The summed E-state index contributed by atoms with van der Waals surface area (Å²) in [6, 6.07) is 0. The Balaban J connectivity index is 1.85. The Morgan fingerprint density at radius 2 is 1.71 bits per heavy atom. The molecule has 2 saturated heterocycles. The molecule has 0 aromatic carbocycles. The highest BCUT2D eigenvalue weighted by molar-refractivity contribution is 6.17. The number of amides is 3. The number of hydrogen-bond acceptors (Lipinski definition) is 3. The summed E-state index contributed by atoms with van der Waals surface area (Å²) in [6.45, 7) is 8.69. The van der Waals surface area contributed by atoms with E-state index >= 15 is 0 Å². The van der Waals surface area contributed by atoms with Crippen molar-refractivity contribution < 1.29 is 14.4 Å². The molecule has 0 aromatic rings. The van der Waals surface area contributed by atoms with Crippen LogP contribution >= 0.6 is 11.6 Å². The average molecular weight is 358 g/mol. The topological polar surface area (TPSA) is 60.9 Å². The number of halogens is 1. The lowest BCUT2D eigenvalue weighted by atomic mass is 10.1. The van der Waals surface area contributed by atoms with Gasteiger partial charge in [-0.1, -0.05) is 0 Å². The molecule has 1 unspecified atom stereocenters. The van der Waals surface area contributed by atoms with Gasteiger partial charge in [-0.25, -0.2) is 0 Å². The maximum Gasteiger partial charge on any atom is 0.228 e. The van der Waals surface area contributed by atoms with Gasteiger partial charge < -0.3 is 14.7 Å². The van der Waals surface area contributed by atoms with Gasteiger partial charge in [0.25, 0.3) is 0 Å². The van der Waals surface area contributed by atoms with Crippen LogP contribution < -0.4 is 0 Å². The average Bonchev–Trinajstić information content (AvgIpc) is 2.94. The lowest BCUT2D eigenvalue weighted by Crippen LogP contribution is -2.52. The van der Waals surface area contributed by atoms with E-state index in [1.165, 1.54) is 0 Å². The summed E-state index contributed by atoms with van der Waals surface area (Å²) in [4.78, 5) is 42.2. The lowest BCUT2D eigenvalue weighted by Gasteiger charge is -2.36. The summed E-state index contributed by atoms with van der Waals surface area (Å²) in [7, 11) is 0. The van der Waals surface area contributed by atoms with E-state index in [1.807, 2.05) is 20.8 Å². The SMILES string of the molecule is CC(C)(C)N1CC(C(=O)N2CCN(C(=O)CCCCl)CC2)CC1=O. The fourth-order valence-corrected chi connectivity index (χ4v) is 3.47. The van der Waals surface area contributed by atoms with Gasteiger partial charge >= 0.3 is 0 Å². The lowest BCUT2D eigenvalue weighted by molar-refractivity contribution is -0.142. The van der Waals surface area contributed by atoms with Crippen LogP contribution in [0.25, 0.3) is 0 Å². The summed E-state index contributed by atoms with van der Waals surface area (Å²) in [5.41, 5.74) is -0.250. The van der Waals surface area contributed by atoms with Crippen molar-refractivity contribution >= 4 is 29.3 Å². The minimum absolute atomic E-state index is 0.0444. The molecule has 0 radical (unpaired) electrons. The van der Waals surface area contributed by atoms with Crippen molar-refractivity contribution in [2.24, 2.45) is 5.92 Å². The van der Waals surface area contributed by atoms with E-state index in [1.54, 1.807) is 14.7 Å². The maximum absolute atomic E-state index is 12.7. The predicted molar refractivity (Wildman–Crippen MR) is 92.7 cm³/mol. The zero-order valence-electron chi connectivity index (χ0n) is 14.9. The second kappa shape index (κ2) is 7.72. The van der Waals surface area contributed by atoms with Crippen molar-refractivity contribution in [2.75, 3.05) is 38.6 Å². The molecule has 2 rings (SSSR count). The molecule has 2 aliphatic rings. The van der Waals surface area contributed by atoms with E-state index in [2.05, 4.69) is 0 Å². The highest BCUT2D eigenvalue weighted by atomic mass is 35.5. The summed E-state index contributed by atoms with van der Waals surface area (Å²) < 4.78 is 0. The zero-order valence-corrected chi connectivity index (χ0v) is 15.6. The Hall–Kier alpha value is -1.30. The molecule has 2 fully saturated rings. The van der Waals surface area contributed by atoms with Crippen LogP contribution in [0, 0.1) is 5.92 Å². The third-order valence-corrected chi connectivity index (χ3v) is 5.02. The fraction of sp³-hybridized carbons (Fsp3) is 0.824. The van der Waals surface area contributed by atoms with Gasteiger partial charge in [0.15, 0.2) is 0 Å². The number of alkyl halides is 1. The van der Waals surface area contributed by atoms with Crippen LogP contribution in [0.1, 0.15) is 40.0 Å². The molecule has 0 aliphatic carbocycles. The number of carbonyl (C=O) groups excluding carboxylic acids is 3. The quantitative estimate of drug-likeness (QED) is 0.713. The minimum Gasteiger partial charge on any atom is -0.339 e. The third-order valence-electron chi connectivity index (χ3n) is 4.75. The number of likely N-dealkylation sites (tertiary alicyclic amines) is 1. The van der Waals surface area contributed by atoms with Crippen molar-refractivity contribution in [3.63, 3.8) is 0 Å². The molecule has 2 aliphatic heterocycles. The number of piperazine rings is 1. The molecule has 1 atom stereocenters. The van der Waals surface area contributed by atoms with E-state index in [0.717, 1.165) is 0 Å². The summed E-state index contributed by atoms with van der Waals surface area (Å²) in [6.07, 6.45) is 1.45. The van der Waals surface area contributed by atoms with Crippen LogP contribution in [0.15, 0.2) is 0 Å². The van der Waals surface area contributed by atoms with Gasteiger partial charge in [0.1, 0.15) is 0 Å². The smallest absolute Gasteiger partial charge is 0.228 e. The largest absolute Gasteiger partial charge is 0.339 e. The molecule has 0 aromatic heterocycles. The molecule has 6 nitrogen and oxygen atoms in total. The van der Waals surface area contributed by atoms with Crippen LogP contribution in [0.5, 0.6) is 0 Å². The molecule has 7 heteroatoms. The summed E-state index contributed by atoms with van der Waals surface area (Å²) >= 11 is 5.62. The van der Waals surface area contributed by atoms with Gasteiger partial charge in [0.05, 0.1) is 5.92 Å². The van der Waals surface area contributed by atoms with Gasteiger partial charge in [0, 0.05) is 57.0 Å². The number of hydrogen-bond donors (Lipinski definition) is 0. The van der Waals surface area contributed by atoms with Crippen molar-refractivity contribution in [3.8, 4) is 0 Å². The Morgan fingerprint density at radius 1 is 1.12 bits per heavy atom. The monoisotopic (exact) mass is 357 g/mol. The first-order chi connectivity index (χ1) is 11.2. The van der Waals surface area contributed by atoms with Crippen molar-refractivity contribution in [1.29, 1.82) is 0 Å². The first-order valence-corrected chi connectivity index (χ1v) is 9.20. The Labute approximate surface area is 149 Å². The van der Waals surface area contributed by atoms with E-state index < -0.39 is 0 Å². The molecule has 3 amide bonds. The number of rotatable bonds is 4. The minimum atomic E-state index is -0.254. The number of carbonyl (C=O) groups is 3. The van der Waals surface area contributed by atoms with Gasteiger partial charge in [-0.2, -0.15) is 0 Å². The van der Waals surface area contributed by atoms with Crippen molar-refractivity contribution in [1.82, 2.24) is 14.7 Å². The first kappa shape index (κ1) is 19.0. The van der Waals surface area contributed by atoms with Crippen LogP contribution in [0.4, 0.5) is 0 Å². The van der Waals surface area contributed by atoms with E-state index in [-0.39, 0.29) is 29.2 Å². The summed E-state index contributed by atoms with van der Waals surface area (Å²) in [5.74, 6) is 0.441. The van der Waals surface area contributed by atoms with Gasteiger partial charge in [0.2, 0.25) is 17.7 Å². The van der Waals surface area contributed by atoms with Crippen LogP contribution in [-0.4, -0.2) is 76.6 Å². The number of nitrogens with zero attached hydrogens (tertiary/aromatic N) is 3. The van der Waals surface area contributed by atoms with E-state index in [4.69, 9.17) is 11.6 Å².